The summed E-state index contributed by atoms with van der Waals surface area (Å²) in [6.07, 6.45) is 0.914. The summed E-state index contributed by atoms with van der Waals surface area (Å²) in [7, 11) is 0. The molecule has 4 nitrogen and oxygen atoms in total. The lowest BCUT2D eigenvalue weighted by Gasteiger charge is -2.26. The molecule has 5 heteroatoms. The van der Waals surface area contributed by atoms with Crippen LogP contribution in [0.4, 0.5) is 4.39 Å². The van der Waals surface area contributed by atoms with Gasteiger partial charge in [0, 0.05) is 19.4 Å². The van der Waals surface area contributed by atoms with E-state index in [4.69, 9.17) is 4.84 Å². The van der Waals surface area contributed by atoms with Crippen molar-refractivity contribution in [1.29, 1.82) is 0 Å². The lowest BCUT2D eigenvalue weighted by molar-refractivity contribution is -0.134. The molecule has 0 unspecified atom stereocenters. The van der Waals surface area contributed by atoms with Crippen molar-refractivity contribution in [3.8, 4) is 0 Å². The zero-order valence-electron chi connectivity index (χ0n) is 15.8. The van der Waals surface area contributed by atoms with Gasteiger partial charge in [-0.15, -0.1) is 0 Å². The molecule has 0 spiro atoms. The van der Waals surface area contributed by atoms with Gasteiger partial charge in [-0.25, -0.2) is 4.39 Å². The molecular weight excluding hydrogens is 343 g/mol. The Bertz CT molecular complexity index is 805. The standard InChI is InChI=1S/C22H25FN2O2/c1-16(2)11-22(26)25(14-17-7-6-10-19(23)12-17)15-20-13-21(24-27-20)18-8-4-3-5-9-18/h3-10,12,16,20H,11,13-15H2,1-2H3/t20-/m0/s1. The monoisotopic (exact) mass is 368 g/mol. The number of nitrogens with zero attached hydrogens (tertiary/aromatic N) is 2. The summed E-state index contributed by atoms with van der Waals surface area (Å²) < 4.78 is 13.5. The molecule has 0 radical (unpaired) electrons. The molecule has 2 aromatic carbocycles. The van der Waals surface area contributed by atoms with E-state index in [0.29, 0.717) is 25.9 Å². The van der Waals surface area contributed by atoms with Crippen molar-refractivity contribution in [3.63, 3.8) is 0 Å². The summed E-state index contributed by atoms with van der Waals surface area (Å²) in [5, 5.41) is 4.20. The molecule has 2 aromatic rings. The second kappa shape index (κ2) is 8.80. The van der Waals surface area contributed by atoms with Crippen molar-refractivity contribution in [2.24, 2.45) is 11.1 Å². The lowest BCUT2D eigenvalue weighted by atomic mass is 10.0. The minimum atomic E-state index is -0.296. The van der Waals surface area contributed by atoms with Gasteiger partial charge in [0.15, 0.2) is 6.10 Å². The maximum atomic E-state index is 13.5. The molecule has 27 heavy (non-hydrogen) atoms. The van der Waals surface area contributed by atoms with Gasteiger partial charge in [0.2, 0.25) is 5.91 Å². The number of amides is 1. The third kappa shape index (κ3) is 5.39. The highest BCUT2D eigenvalue weighted by Crippen LogP contribution is 2.20. The Hall–Kier alpha value is -2.69. The Balaban J connectivity index is 1.67. The van der Waals surface area contributed by atoms with Crippen LogP contribution < -0.4 is 0 Å². The summed E-state index contributed by atoms with van der Waals surface area (Å²) in [4.78, 5) is 20.1. The first-order valence-corrected chi connectivity index (χ1v) is 9.31. The molecule has 3 rings (SSSR count). The minimum absolute atomic E-state index is 0.0472. The van der Waals surface area contributed by atoms with Crippen molar-refractivity contribution in [2.45, 2.75) is 39.3 Å². The fourth-order valence-corrected chi connectivity index (χ4v) is 3.16. The first-order chi connectivity index (χ1) is 13.0. The second-order valence-electron chi connectivity index (χ2n) is 7.34. The number of oxime groups is 1. The molecule has 1 aliphatic heterocycles. The molecule has 1 atom stereocenters. The van der Waals surface area contributed by atoms with Gasteiger partial charge in [-0.05, 0) is 29.2 Å². The highest BCUT2D eigenvalue weighted by atomic mass is 19.1. The zero-order chi connectivity index (χ0) is 19.2. The van der Waals surface area contributed by atoms with Crippen LogP contribution in [0.5, 0.6) is 0 Å². The number of carbonyl (C=O) groups is 1. The van der Waals surface area contributed by atoms with Crippen LogP contribution in [0, 0.1) is 11.7 Å². The molecule has 0 saturated heterocycles. The molecule has 0 N–H and O–H groups in total. The molecule has 1 heterocycles. The summed E-state index contributed by atoms with van der Waals surface area (Å²) in [6, 6.07) is 16.3. The average Bonchev–Trinajstić information content (AvgIpc) is 3.10. The fourth-order valence-electron chi connectivity index (χ4n) is 3.16. The zero-order valence-corrected chi connectivity index (χ0v) is 15.8. The van der Waals surface area contributed by atoms with Crippen molar-refractivity contribution >= 4 is 11.6 Å². The van der Waals surface area contributed by atoms with Gasteiger partial charge in [0.05, 0.1) is 12.3 Å². The first kappa shape index (κ1) is 19.1. The Kier molecular flexibility index (Phi) is 6.22. The van der Waals surface area contributed by atoms with Crippen LogP contribution in [-0.4, -0.2) is 29.2 Å². The summed E-state index contributed by atoms with van der Waals surface area (Å²) >= 11 is 0. The van der Waals surface area contributed by atoms with Crippen LogP contribution in [0.25, 0.3) is 0 Å². The van der Waals surface area contributed by atoms with Crippen molar-refractivity contribution in [1.82, 2.24) is 4.90 Å². The number of carbonyl (C=O) groups excluding carboxylic acids is 1. The molecule has 1 amide bonds. The Labute approximate surface area is 159 Å². The number of halogens is 1. The van der Waals surface area contributed by atoms with Crippen LogP contribution in [0.1, 0.15) is 37.8 Å². The molecule has 0 fully saturated rings. The summed E-state index contributed by atoms with van der Waals surface area (Å²) in [5.74, 6) is 0.00901. The number of hydrogen-bond acceptors (Lipinski definition) is 3. The van der Waals surface area contributed by atoms with Crippen LogP contribution >= 0.6 is 0 Å². The van der Waals surface area contributed by atoms with Gasteiger partial charge in [-0.2, -0.15) is 0 Å². The van der Waals surface area contributed by atoms with Crippen LogP contribution in [0.15, 0.2) is 59.8 Å². The summed E-state index contributed by atoms with van der Waals surface area (Å²) in [6.45, 7) is 4.83. The Morgan fingerprint density at radius 1 is 1.22 bits per heavy atom. The third-order valence-electron chi connectivity index (χ3n) is 4.46. The fraction of sp³-hybridized carbons (Fsp3) is 0.364. The summed E-state index contributed by atoms with van der Waals surface area (Å²) in [5.41, 5.74) is 2.70. The SMILES string of the molecule is CC(C)CC(=O)N(Cc1cccc(F)c1)C[C@@H]1CC(c2ccccc2)=NO1. The normalized spacial score (nSPS) is 16.1. The van der Waals surface area contributed by atoms with E-state index in [-0.39, 0.29) is 23.7 Å². The Morgan fingerprint density at radius 2 is 2.00 bits per heavy atom. The van der Waals surface area contributed by atoms with Gasteiger partial charge in [-0.3, -0.25) is 4.79 Å². The van der Waals surface area contributed by atoms with Crippen LogP contribution in [0.3, 0.4) is 0 Å². The molecule has 0 bridgehead atoms. The van der Waals surface area contributed by atoms with Crippen molar-refractivity contribution in [3.05, 3.63) is 71.5 Å². The largest absolute Gasteiger partial charge is 0.390 e. The van der Waals surface area contributed by atoms with Crippen LogP contribution in [0.2, 0.25) is 0 Å². The second-order valence-corrected chi connectivity index (χ2v) is 7.34. The van der Waals surface area contributed by atoms with E-state index in [1.54, 1.807) is 11.0 Å². The van der Waals surface area contributed by atoms with E-state index in [1.807, 2.05) is 50.2 Å². The van der Waals surface area contributed by atoms with Crippen molar-refractivity contribution in [2.75, 3.05) is 6.54 Å². The maximum absolute atomic E-state index is 13.5. The van der Waals surface area contributed by atoms with E-state index in [1.165, 1.54) is 12.1 Å². The maximum Gasteiger partial charge on any atom is 0.223 e. The van der Waals surface area contributed by atoms with E-state index >= 15 is 0 Å². The Morgan fingerprint density at radius 3 is 2.70 bits per heavy atom. The van der Waals surface area contributed by atoms with Gasteiger partial charge in [0.1, 0.15) is 5.82 Å². The van der Waals surface area contributed by atoms with Gasteiger partial charge >= 0.3 is 0 Å². The first-order valence-electron chi connectivity index (χ1n) is 9.31. The predicted octanol–water partition coefficient (Wildman–Crippen LogP) is 4.39. The number of hydrogen-bond donors (Lipinski definition) is 0. The van der Waals surface area contributed by atoms with Crippen LogP contribution in [-0.2, 0) is 16.2 Å². The number of rotatable bonds is 7. The molecule has 0 saturated carbocycles. The molecule has 0 aromatic heterocycles. The predicted molar refractivity (Wildman–Crippen MR) is 104 cm³/mol. The van der Waals surface area contributed by atoms with E-state index < -0.39 is 0 Å². The highest BCUT2D eigenvalue weighted by Gasteiger charge is 2.27. The minimum Gasteiger partial charge on any atom is -0.390 e. The highest BCUT2D eigenvalue weighted by molar-refractivity contribution is 6.01. The van der Waals surface area contributed by atoms with Crippen molar-refractivity contribution < 1.29 is 14.0 Å². The van der Waals surface area contributed by atoms with Gasteiger partial charge in [0.25, 0.3) is 0 Å². The quantitative estimate of drug-likeness (QED) is 0.727. The molecule has 1 aliphatic rings. The van der Waals surface area contributed by atoms with E-state index in [9.17, 15) is 9.18 Å². The average molecular weight is 368 g/mol. The van der Waals surface area contributed by atoms with E-state index in [2.05, 4.69) is 5.16 Å². The molecule has 142 valence electrons. The third-order valence-corrected chi connectivity index (χ3v) is 4.46. The molecule has 0 aliphatic carbocycles. The number of benzene rings is 2. The van der Waals surface area contributed by atoms with E-state index in [0.717, 1.165) is 16.8 Å². The molecular formula is C22H25FN2O2. The van der Waals surface area contributed by atoms with Gasteiger partial charge in [-0.1, -0.05) is 61.5 Å². The van der Waals surface area contributed by atoms with Gasteiger partial charge < -0.3 is 9.74 Å². The lowest BCUT2D eigenvalue weighted by Crippen LogP contribution is -2.37. The topological polar surface area (TPSA) is 41.9 Å². The smallest absolute Gasteiger partial charge is 0.223 e.